The summed E-state index contributed by atoms with van der Waals surface area (Å²) in [6, 6.07) is 7.40. The van der Waals surface area contributed by atoms with E-state index in [2.05, 4.69) is 5.32 Å². The Morgan fingerprint density at radius 1 is 1.10 bits per heavy atom. The van der Waals surface area contributed by atoms with E-state index in [1.165, 1.54) is 0 Å². The number of ether oxygens (including phenoxy) is 3. The molecule has 0 aliphatic carbocycles. The minimum atomic E-state index is 0.0600. The van der Waals surface area contributed by atoms with E-state index in [9.17, 15) is 4.79 Å². The molecule has 0 spiro atoms. The fourth-order valence-corrected chi connectivity index (χ4v) is 1.73. The summed E-state index contributed by atoms with van der Waals surface area (Å²) in [4.78, 5) is 11.5. The van der Waals surface area contributed by atoms with E-state index < -0.39 is 0 Å². The van der Waals surface area contributed by atoms with Crippen LogP contribution in [0.1, 0.15) is 26.2 Å². The second kappa shape index (κ2) is 11.0. The van der Waals surface area contributed by atoms with Crippen molar-refractivity contribution in [3.05, 3.63) is 24.3 Å². The third-order valence-corrected chi connectivity index (χ3v) is 2.87. The molecule has 1 aromatic rings. The lowest BCUT2D eigenvalue weighted by Gasteiger charge is -2.08. The van der Waals surface area contributed by atoms with Gasteiger partial charge in [0.2, 0.25) is 5.91 Å². The summed E-state index contributed by atoms with van der Waals surface area (Å²) in [6.45, 7) is 4.56. The number of nitrogens with one attached hydrogen (secondary N) is 1. The van der Waals surface area contributed by atoms with Crippen molar-refractivity contribution in [2.24, 2.45) is 0 Å². The summed E-state index contributed by atoms with van der Waals surface area (Å²) in [7, 11) is 1.63. The highest BCUT2D eigenvalue weighted by Gasteiger charge is 2.01. The van der Waals surface area contributed by atoms with E-state index >= 15 is 0 Å². The minimum Gasteiger partial charge on any atom is -0.497 e. The van der Waals surface area contributed by atoms with Crippen LogP contribution in [-0.2, 0) is 9.53 Å². The third-order valence-electron chi connectivity index (χ3n) is 2.87. The largest absolute Gasteiger partial charge is 0.497 e. The molecule has 0 aliphatic heterocycles. The molecule has 0 unspecified atom stereocenters. The topological polar surface area (TPSA) is 56.8 Å². The molecule has 1 aromatic carbocycles. The van der Waals surface area contributed by atoms with E-state index in [0.29, 0.717) is 32.6 Å². The molecule has 0 bridgehead atoms. The first-order valence-corrected chi connectivity index (χ1v) is 7.37. The molecule has 0 atom stereocenters. The first kappa shape index (κ1) is 17.3. The number of hydrogen-bond acceptors (Lipinski definition) is 4. The van der Waals surface area contributed by atoms with Crippen LogP contribution >= 0.6 is 0 Å². The highest BCUT2D eigenvalue weighted by Crippen LogP contribution is 2.17. The average Bonchev–Trinajstić information content (AvgIpc) is 2.52. The lowest BCUT2D eigenvalue weighted by Crippen LogP contribution is -2.25. The maximum Gasteiger partial charge on any atom is 0.220 e. The normalized spacial score (nSPS) is 10.2. The molecule has 0 aliphatic rings. The molecular formula is C16H25NO4. The van der Waals surface area contributed by atoms with Crippen molar-refractivity contribution < 1.29 is 19.0 Å². The van der Waals surface area contributed by atoms with Gasteiger partial charge in [0, 0.05) is 26.2 Å². The smallest absolute Gasteiger partial charge is 0.220 e. The van der Waals surface area contributed by atoms with Crippen LogP contribution in [0.25, 0.3) is 0 Å². The molecule has 21 heavy (non-hydrogen) atoms. The number of amides is 1. The zero-order valence-electron chi connectivity index (χ0n) is 12.9. The standard InChI is InChI=1S/C16H25NO4/c1-3-20-12-5-11-17-16(18)6-4-13-21-15-9-7-14(19-2)8-10-15/h7-10H,3-6,11-13H2,1-2H3,(H,17,18). The van der Waals surface area contributed by atoms with Gasteiger partial charge >= 0.3 is 0 Å². The molecule has 1 N–H and O–H groups in total. The quantitative estimate of drug-likeness (QED) is 0.637. The maximum absolute atomic E-state index is 11.5. The maximum atomic E-state index is 11.5. The van der Waals surface area contributed by atoms with Crippen molar-refractivity contribution in [1.29, 1.82) is 0 Å². The molecule has 0 heterocycles. The Morgan fingerprint density at radius 3 is 2.48 bits per heavy atom. The Balaban J connectivity index is 2.03. The van der Waals surface area contributed by atoms with E-state index in [1.54, 1.807) is 7.11 Å². The Labute approximate surface area is 126 Å². The summed E-state index contributed by atoms with van der Waals surface area (Å²) in [5.41, 5.74) is 0. The van der Waals surface area contributed by atoms with E-state index in [4.69, 9.17) is 14.2 Å². The Morgan fingerprint density at radius 2 is 1.81 bits per heavy atom. The molecule has 0 radical (unpaired) electrons. The molecule has 5 heteroatoms. The third kappa shape index (κ3) is 8.19. The van der Waals surface area contributed by atoms with Gasteiger partial charge in [-0.3, -0.25) is 4.79 Å². The molecule has 118 valence electrons. The molecule has 0 fully saturated rings. The molecule has 0 saturated heterocycles. The SMILES string of the molecule is CCOCCCNC(=O)CCCOc1ccc(OC)cc1. The highest BCUT2D eigenvalue weighted by atomic mass is 16.5. The zero-order chi connectivity index (χ0) is 15.3. The summed E-state index contributed by atoms with van der Waals surface area (Å²) >= 11 is 0. The van der Waals surface area contributed by atoms with Crippen molar-refractivity contribution in [2.45, 2.75) is 26.2 Å². The van der Waals surface area contributed by atoms with Gasteiger partial charge in [0.1, 0.15) is 11.5 Å². The Hall–Kier alpha value is -1.75. The van der Waals surface area contributed by atoms with Gasteiger partial charge < -0.3 is 19.5 Å². The lowest BCUT2D eigenvalue weighted by atomic mass is 10.3. The number of carbonyl (C=O) groups excluding carboxylic acids is 1. The van der Waals surface area contributed by atoms with Gasteiger partial charge in [-0.1, -0.05) is 0 Å². The van der Waals surface area contributed by atoms with E-state index in [-0.39, 0.29) is 5.91 Å². The molecule has 0 saturated carbocycles. The van der Waals surface area contributed by atoms with Crippen LogP contribution in [0, 0.1) is 0 Å². The van der Waals surface area contributed by atoms with Crippen LogP contribution in [0.3, 0.4) is 0 Å². The highest BCUT2D eigenvalue weighted by molar-refractivity contribution is 5.75. The molecule has 5 nitrogen and oxygen atoms in total. The van der Waals surface area contributed by atoms with Gasteiger partial charge in [-0.15, -0.1) is 0 Å². The van der Waals surface area contributed by atoms with Gasteiger partial charge in [0.05, 0.1) is 13.7 Å². The fraction of sp³-hybridized carbons (Fsp3) is 0.562. The number of benzene rings is 1. The summed E-state index contributed by atoms with van der Waals surface area (Å²) < 4.78 is 15.8. The lowest BCUT2D eigenvalue weighted by molar-refractivity contribution is -0.121. The van der Waals surface area contributed by atoms with Gasteiger partial charge in [-0.05, 0) is 44.0 Å². The first-order chi connectivity index (χ1) is 10.3. The summed E-state index contributed by atoms with van der Waals surface area (Å²) in [5.74, 6) is 1.64. The van der Waals surface area contributed by atoms with Crippen LogP contribution in [-0.4, -0.2) is 39.4 Å². The fourth-order valence-electron chi connectivity index (χ4n) is 1.73. The van der Waals surface area contributed by atoms with Crippen molar-refractivity contribution in [3.8, 4) is 11.5 Å². The first-order valence-electron chi connectivity index (χ1n) is 7.37. The van der Waals surface area contributed by atoms with Crippen molar-refractivity contribution in [2.75, 3.05) is 33.5 Å². The Bertz CT molecular complexity index is 392. The van der Waals surface area contributed by atoms with Crippen LogP contribution in [0.4, 0.5) is 0 Å². The monoisotopic (exact) mass is 295 g/mol. The summed E-state index contributed by atoms with van der Waals surface area (Å²) in [5, 5.41) is 2.86. The van der Waals surface area contributed by atoms with E-state index in [0.717, 1.165) is 24.5 Å². The number of carbonyl (C=O) groups is 1. The van der Waals surface area contributed by atoms with Crippen LogP contribution in [0.5, 0.6) is 11.5 Å². The van der Waals surface area contributed by atoms with Gasteiger partial charge in [-0.25, -0.2) is 0 Å². The van der Waals surface area contributed by atoms with Crippen LogP contribution < -0.4 is 14.8 Å². The Kier molecular flexibility index (Phi) is 9.04. The second-order valence-electron chi connectivity index (χ2n) is 4.53. The second-order valence-corrected chi connectivity index (χ2v) is 4.53. The average molecular weight is 295 g/mol. The molecule has 1 amide bonds. The predicted octanol–water partition coefficient (Wildman–Crippen LogP) is 2.40. The number of methoxy groups -OCH3 is 1. The zero-order valence-corrected chi connectivity index (χ0v) is 12.9. The van der Waals surface area contributed by atoms with Gasteiger partial charge in [0.25, 0.3) is 0 Å². The molecule has 0 aromatic heterocycles. The summed E-state index contributed by atoms with van der Waals surface area (Å²) in [6.07, 6.45) is 2.02. The number of rotatable bonds is 11. The van der Waals surface area contributed by atoms with Crippen molar-refractivity contribution >= 4 is 5.91 Å². The van der Waals surface area contributed by atoms with Crippen LogP contribution in [0.2, 0.25) is 0 Å². The predicted molar refractivity (Wildman–Crippen MR) is 81.8 cm³/mol. The van der Waals surface area contributed by atoms with Crippen molar-refractivity contribution in [1.82, 2.24) is 5.32 Å². The van der Waals surface area contributed by atoms with E-state index in [1.807, 2.05) is 31.2 Å². The van der Waals surface area contributed by atoms with Crippen LogP contribution in [0.15, 0.2) is 24.3 Å². The molecular weight excluding hydrogens is 270 g/mol. The van der Waals surface area contributed by atoms with Gasteiger partial charge in [-0.2, -0.15) is 0 Å². The van der Waals surface area contributed by atoms with Gasteiger partial charge in [0.15, 0.2) is 0 Å². The number of hydrogen-bond donors (Lipinski definition) is 1. The van der Waals surface area contributed by atoms with Crippen molar-refractivity contribution in [3.63, 3.8) is 0 Å². The minimum absolute atomic E-state index is 0.0600. The molecule has 1 rings (SSSR count).